The largest absolute Gasteiger partial charge is 0.397 e. The zero-order chi connectivity index (χ0) is 21.1. The first-order valence-electron chi connectivity index (χ1n) is 9.89. The third-order valence-corrected chi connectivity index (χ3v) is 7.07. The molecular formula is C23H23N2O3PS. The second-order valence-corrected chi connectivity index (χ2v) is 8.93. The Labute approximate surface area is 181 Å². The molecule has 1 amide bonds. The first-order chi connectivity index (χ1) is 14.5. The molecule has 154 valence electrons. The lowest BCUT2D eigenvalue weighted by molar-refractivity contribution is 0.102. The number of nitrogens with two attached hydrogens (primary N) is 1. The van der Waals surface area contributed by atoms with E-state index in [1.807, 2.05) is 47.8 Å². The van der Waals surface area contributed by atoms with Gasteiger partial charge >= 0.3 is 8.69 Å². The van der Waals surface area contributed by atoms with Gasteiger partial charge in [0.25, 0.3) is 5.91 Å². The molecule has 1 aliphatic rings. The molecule has 3 aromatic rings. The molecule has 2 atom stereocenters. The van der Waals surface area contributed by atoms with Crippen LogP contribution in [0.3, 0.4) is 0 Å². The Morgan fingerprint density at radius 1 is 1.27 bits per heavy atom. The Hall–Kier alpha value is -2.53. The fourth-order valence-corrected chi connectivity index (χ4v) is 5.04. The zero-order valence-corrected chi connectivity index (χ0v) is 18.3. The lowest BCUT2D eigenvalue weighted by Gasteiger charge is -2.14. The molecule has 0 radical (unpaired) electrons. The van der Waals surface area contributed by atoms with Crippen LogP contribution in [-0.2, 0) is 15.5 Å². The first kappa shape index (κ1) is 20.7. The summed E-state index contributed by atoms with van der Waals surface area (Å²) in [7, 11) is -0.276. The summed E-state index contributed by atoms with van der Waals surface area (Å²) < 4.78 is 16.5. The maximum atomic E-state index is 12.7. The van der Waals surface area contributed by atoms with Crippen molar-refractivity contribution in [2.24, 2.45) is 5.92 Å². The van der Waals surface area contributed by atoms with Crippen LogP contribution in [0.25, 0.3) is 10.4 Å². The van der Waals surface area contributed by atoms with E-state index in [1.165, 1.54) is 0 Å². The molecular weight excluding hydrogens is 415 g/mol. The number of benzene rings is 2. The van der Waals surface area contributed by atoms with Crippen molar-refractivity contribution in [1.29, 1.82) is 0 Å². The number of hydrogen-bond acceptors (Lipinski definition) is 5. The van der Waals surface area contributed by atoms with Crippen LogP contribution in [-0.4, -0.2) is 11.5 Å². The monoisotopic (exact) mass is 438 g/mol. The third-order valence-electron chi connectivity index (χ3n) is 5.71. The number of rotatable bonds is 8. The van der Waals surface area contributed by atoms with Crippen LogP contribution < -0.4 is 11.1 Å². The molecule has 1 heterocycles. The highest BCUT2D eigenvalue weighted by molar-refractivity contribution is 7.17. The fourth-order valence-electron chi connectivity index (χ4n) is 3.88. The quantitative estimate of drug-likeness (QED) is 0.325. The Bertz CT molecular complexity index is 1050. The van der Waals surface area contributed by atoms with Crippen molar-refractivity contribution in [3.63, 3.8) is 0 Å². The number of nitrogen functional groups attached to an aromatic ring is 1. The molecule has 0 saturated heterocycles. The normalized spacial score (nSPS) is 20.2. The second-order valence-electron chi connectivity index (χ2n) is 7.65. The minimum absolute atomic E-state index is 0.210. The minimum Gasteiger partial charge on any atom is -0.397 e. The van der Waals surface area contributed by atoms with E-state index in [4.69, 9.17) is 10.3 Å². The SMILES string of the molecule is CCC1CC1(Cc1ccc(C(=O)Nc2cc(-c3cccs3)ccc2N)cc1)OP=O. The van der Waals surface area contributed by atoms with Gasteiger partial charge in [-0.15, -0.1) is 11.3 Å². The molecule has 3 N–H and O–H groups in total. The summed E-state index contributed by atoms with van der Waals surface area (Å²) in [5.41, 5.74) is 9.49. The van der Waals surface area contributed by atoms with Crippen molar-refractivity contribution in [3.05, 3.63) is 71.1 Å². The van der Waals surface area contributed by atoms with Gasteiger partial charge in [-0.3, -0.25) is 9.32 Å². The van der Waals surface area contributed by atoms with E-state index in [9.17, 15) is 9.36 Å². The van der Waals surface area contributed by atoms with Crippen molar-refractivity contribution in [1.82, 2.24) is 0 Å². The van der Waals surface area contributed by atoms with Crippen LogP contribution in [0.15, 0.2) is 60.0 Å². The molecule has 1 saturated carbocycles. The second kappa shape index (κ2) is 8.68. The molecule has 4 rings (SSSR count). The summed E-state index contributed by atoms with van der Waals surface area (Å²) in [5.74, 6) is 0.221. The number of nitrogens with one attached hydrogen (secondary N) is 1. The van der Waals surface area contributed by atoms with E-state index < -0.39 is 0 Å². The number of carbonyl (C=O) groups is 1. The van der Waals surface area contributed by atoms with E-state index in [2.05, 4.69) is 12.2 Å². The van der Waals surface area contributed by atoms with Gasteiger partial charge in [0, 0.05) is 16.9 Å². The first-order valence-corrected chi connectivity index (χ1v) is 11.5. The lowest BCUT2D eigenvalue weighted by Crippen LogP contribution is -2.17. The summed E-state index contributed by atoms with van der Waals surface area (Å²) in [5, 5.41) is 4.93. The Balaban J connectivity index is 1.46. The summed E-state index contributed by atoms with van der Waals surface area (Å²) in [6.45, 7) is 2.12. The predicted octanol–water partition coefficient (Wildman–Crippen LogP) is 6.18. The summed E-state index contributed by atoms with van der Waals surface area (Å²) >= 11 is 1.64. The van der Waals surface area contributed by atoms with Gasteiger partial charge in [-0.05, 0) is 59.2 Å². The summed E-state index contributed by atoms with van der Waals surface area (Å²) in [6, 6.07) is 17.1. The molecule has 0 spiro atoms. The molecule has 1 fully saturated rings. The van der Waals surface area contributed by atoms with Gasteiger partial charge in [0.2, 0.25) is 0 Å². The summed E-state index contributed by atoms with van der Waals surface area (Å²) in [4.78, 5) is 13.9. The number of amides is 1. The van der Waals surface area contributed by atoms with E-state index in [1.54, 1.807) is 23.5 Å². The van der Waals surface area contributed by atoms with Crippen LogP contribution in [0.2, 0.25) is 0 Å². The molecule has 0 bridgehead atoms. The van der Waals surface area contributed by atoms with Gasteiger partial charge in [0.1, 0.15) is 0 Å². The van der Waals surface area contributed by atoms with Crippen LogP contribution >= 0.6 is 20.0 Å². The van der Waals surface area contributed by atoms with Gasteiger partial charge in [0.15, 0.2) is 0 Å². The smallest absolute Gasteiger partial charge is 0.327 e. The highest BCUT2D eigenvalue weighted by atomic mass is 32.1. The Morgan fingerprint density at radius 2 is 2.07 bits per heavy atom. The number of carbonyl (C=O) groups excluding carboxylic acids is 1. The summed E-state index contributed by atoms with van der Waals surface area (Å²) in [6.07, 6.45) is 2.61. The molecule has 1 aromatic heterocycles. The number of thiophene rings is 1. The average Bonchev–Trinajstić information content (AvgIpc) is 3.15. The molecule has 2 unspecified atom stereocenters. The van der Waals surface area contributed by atoms with Crippen molar-refractivity contribution >= 4 is 37.3 Å². The average molecular weight is 438 g/mol. The van der Waals surface area contributed by atoms with Gasteiger partial charge in [-0.25, -0.2) is 4.57 Å². The topological polar surface area (TPSA) is 81.4 Å². The zero-order valence-electron chi connectivity index (χ0n) is 16.6. The van der Waals surface area contributed by atoms with Crippen molar-refractivity contribution in [2.75, 3.05) is 11.1 Å². The molecule has 1 aliphatic carbocycles. The van der Waals surface area contributed by atoms with E-state index in [0.717, 1.165) is 28.8 Å². The molecule has 7 heteroatoms. The molecule has 2 aromatic carbocycles. The van der Waals surface area contributed by atoms with Crippen molar-refractivity contribution in [3.8, 4) is 10.4 Å². The van der Waals surface area contributed by atoms with Crippen LogP contribution in [0.4, 0.5) is 11.4 Å². The van der Waals surface area contributed by atoms with Crippen LogP contribution in [0.1, 0.15) is 35.7 Å². The van der Waals surface area contributed by atoms with Gasteiger partial charge in [-0.1, -0.05) is 37.6 Å². The highest BCUT2D eigenvalue weighted by Gasteiger charge is 2.54. The predicted molar refractivity (Wildman–Crippen MR) is 122 cm³/mol. The Kier molecular flexibility index (Phi) is 6.00. The third kappa shape index (κ3) is 4.31. The van der Waals surface area contributed by atoms with Gasteiger partial charge in [0.05, 0.1) is 17.0 Å². The maximum absolute atomic E-state index is 12.7. The molecule has 30 heavy (non-hydrogen) atoms. The number of anilines is 2. The minimum atomic E-state index is -0.335. The number of hydrogen-bond donors (Lipinski definition) is 2. The van der Waals surface area contributed by atoms with E-state index in [0.29, 0.717) is 29.3 Å². The molecule has 0 aliphatic heterocycles. The lowest BCUT2D eigenvalue weighted by atomic mass is 10.0. The van der Waals surface area contributed by atoms with Gasteiger partial charge in [-0.2, -0.15) is 0 Å². The molecule has 5 nitrogen and oxygen atoms in total. The maximum Gasteiger partial charge on any atom is 0.327 e. The van der Waals surface area contributed by atoms with Gasteiger partial charge < -0.3 is 11.1 Å². The van der Waals surface area contributed by atoms with E-state index in [-0.39, 0.29) is 20.2 Å². The van der Waals surface area contributed by atoms with Crippen LogP contribution in [0, 0.1) is 5.92 Å². The van der Waals surface area contributed by atoms with Crippen molar-refractivity contribution in [2.45, 2.75) is 31.8 Å². The Morgan fingerprint density at radius 3 is 2.70 bits per heavy atom. The van der Waals surface area contributed by atoms with Crippen molar-refractivity contribution < 1.29 is 13.9 Å². The van der Waals surface area contributed by atoms with E-state index >= 15 is 0 Å². The van der Waals surface area contributed by atoms with Crippen LogP contribution in [0.5, 0.6) is 0 Å². The highest BCUT2D eigenvalue weighted by Crippen LogP contribution is 2.52. The fraction of sp³-hybridized carbons (Fsp3) is 0.261. The standard InChI is InChI=1S/C23H23N2O3PS/c1-2-18-14-23(18,28-29-27)13-15-5-7-16(8-6-15)22(26)25-20-12-17(9-10-19(20)24)21-4-3-11-30-21/h3-12,18H,2,13-14,24H2,1H3,(H,25,26).